The topological polar surface area (TPSA) is 12.0 Å². The fraction of sp³-hybridized carbons (Fsp3) is 0.905. The molecule has 0 saturated carbocycles. The van der Waals surface area contributed by atoms with Crippen LogP contribution in [0.1, 0.15) is 110 Å². The van der Waals surface area contributed by atoms with Gasteiger partial charge in [0.05, 0.1) is 0 Å². The minimum absolute atomic E-state index is 0.358. The Bertz CT molecular complexity index is 322. The third-order valence-electron chi connectivity index (χ3n) is 5.33. The van der Waals surface area contributed by atoms with E-state index in [1.165, 1.54) is 103 Å². The highest BCUT2D eigenvalue weighted by Crippen LogP contribution is 2.29. The molecule has 0 aromatic carbocycles. The Labute approximate surface area is 159 Å². The van der Waals surface area contributed by atoms with Crippen molar-refractivity contribution in [1.29, 1.82) is 0 Å². The zero-order valence-electron chi connectivity index (χ0n) is 15.4. The van der Waals surface area contributed by atoms with Gasteiger partial charge in [-0.3, -0.25) is 0 Å². The van der Waals surface area contributed by atoms with Crippen LogP contribution in [0.4, 0.5) is 0 Å². The molecule has 1 fully saturated rings. The van der Waals surface area contributed by atoms with E-state index in [0.717, 1.165) is 6.42 Å². The highest BCUT2D eigenvalue weighted by molar-refractivity contribution is 14.1. The maximum absolute atomic E-state index is 3.74. The normalized spacial score (nSPS) is 20.4. The first-order chi connectivity index (χ1) is 11.3. The van der Waals surface area contributed by atoms with Gasteiger partial charge in [0, 0.05) is 34.6 Å². The van der Waals surface area contributed by atoms with Crippen LogP contribution >= 0.6 is 22.6 Å². The maximum atomic E-state index is 3.74. The molecule has 23 heavy (non-hydrogen) atoms. The van der Waals surface area contributed by atoms with Gasteiger partial charge in [0.2, 0.25) is 0 Å². The average molecular weight is 431 g/mol. The zero-order chi connectivity index (χ0) is 16.6. The van der Waals surface area contributed by atoms with Gasteiger partial charge in [0.1, 0.15) is 0 Å². The lowest BCUT2D eigenvalue weighted by Gasteiger charge is -2.27. The van der Waals surface area contributed by atoms with E-state index in [-0.39, 0.29) is 0 Å². The Hall–Kier alpha value is 0.250. The quantitative estimate of drug-likeness (QED) is 0.178. The Morgan fingerprint density at radius 2 is 1.43 bits per heavy atom. The number of hydrogen-bond acceptors (Lipinski definition) is 1. The highest BCUT2D eigenvalue weighted by atomic mass is 127. The van der Waals surface area contributed by atoms with Gasteiger partial charge >= 0.3 is 0 Å². The molecule has 1 unspecified atom stereocenters. The molecule has 1 heterocycles. The second-order valence-corrected chi connectivity index (χ2v) is 7.94. The minimum Gasteiger partial charge on any atom is -0.310 e. The predicted octanol–water partition coefficient (Wildman–Crippen LogP) is 6.99. The summed E-state index contributed by atoms with van der Waals surface area (Å²) in [6.07, 6.45) is 22.3. The molecule has 1 atom stereocenters. The molecule has 2 heteroatoms. The SMILES string of the molecule is CCCCCCCCCCCCCCC1(CC#CI)CCCN1. The summed E-state index contributed by atoms with van der Waals surface area (Å²) in [5, 5.41) is 3.74. The van der Waals surface area contributed by atoms with Gasteiger partial charge in [-0.15, -0.1) is 0 Å². The van der Waals surface area contributed by atoms with Crippen molar-refractivity contribution in [2.45, 2.75) is 115 Å². The lowest BCUT2D eigenvalue weighted by molar-refractivity contribution is 0.340. The van der Waals surface area contributed by atoms with E-state index in [1.807, 2.05) is 0 Å². The van der Waals surface area contributed by atoms with Crippen LogP contribution < -0.4 is 5.32 Å². The summed E-state index contributed by atoms with van der Waals surface area (Å²) in [4.78, 5) is 0. The van der Waals surface area contributed by atoms with Crippen LogP contribution in [0.5, 0.6) is 0 Å². The van der Waals surface area contributed by atoms with Gasteiger partial charge in [-0.25, -0.2) is 0 Å². The van der Waals surface area contributed by atoms with E-state index in [2.05, 4.69) is 44.7 Å². The van der Waals surface area contributed by atoms with Gasteiger partial charge in [0.15, 0.2) is 0 Å². The Balaban J connectivity index is 1.91. The van der Waals surface area contributed by atoms with Crippen molar-refractivity contribution in [2.24, 2.45) is 0 Å². The van der Waals surface area contributed by atoms with Crippen molar-refractivity contribution in [2.75, 3.05) is 6.54 Å². The Kier molecular flexibility index (Phi) is 13.5. The molecular weight excluding hydrogens is 393 g/mol. The third kappa shape index (κ3) is 10.7. The zero-order valence-corrected chi connectivity index (χ0v) is 17.6. The molecule has 0 amide bonds. The average Bonchev–Trinajstić information content (AvgIpc) is 3.03. The fourth-order valence-corrected chi connectivity index (χ4v) is 4.02. The first-order valence-corrected chi connectivity index (χ1v) is 11.2. The molecule has 1 rings (SSSR count). The molecule has 0 spiro atoms. The first kappa shape index (κ1) is 21.3. The lowest BCUT2D eigenvalue weighted by atomic mass is 9.87. The molecule has 1 nitrogen and oxygen atoms in total. The third-order valence-corrected chi connectivity index (χ3v) is 5.72. The van der Waals surface area contributed by atoms with E-state index >= 15 is 0 Å². The summed E-state index contributed by atoms with van der Waals surface area (Å²) >= 11 is 2.17. The molecule has 1 saturated heterocycles. The van der Waals surface area contributed by atoms with Crippen LogP contribution in [0.25, 0.3) is 0 Å². The van der Waals surface area contributed by atoms with Crippen LogP contribution in [0, 0.1) is 9.85 Å². The molecule has 0 aromatic heterocycles. The molecule has 1 aliphatic rings. The second kappa shape index (κ2) is 14.6. The van der Waals surface area contributed by atoms with E-state index in [4.69, 9.17) is 0 Å². The molecule has 134 valence electrons. The molecule has 0 aliphatic carbocycles. The largest absolute Gasteiger partial charge is 0.310 e. The summed E-state index contributed by atoms with van der Waals surface area (Å²) in [7, 11) is 0. The molecule has 1 N–H and O–H groups in total. The first-order valence-electron chi connectivity index (χ1n) is 10.2. The fourth-order valence-electron chi connectivity index (χ4n) is 3.83. The van der Waals surface area contributed by atoms with Gasteiger partial charge in [-0.05, 0) is 29.7 Å². The summed E-state index contributed by atoms with van der Waals surface area (Å²) in [6.45, 7) is 3.49. The molecular formula is C21H38IN. The Morgan fingerprint density at radius 3 is 1.91 bits per heavy atom. The standard InChI is InChI=1S/C21H38IN/c1-2-3-4-5-6-7-8-9-10-11-12-13-16-21(17-14-19-22)18-15-20-23-21/h23H,2-13,15-18,20H2,1H3. The number of halogens is 1. The molecule has 1 aliphatic heterocycles. The number of hydrogen-bond donors (Lipinski definition) is 1. The van der Waals surface area contributed by atoms with Crippen molar-refractivity contribution in [3.8, 4) is 9.85 Å². The van der Waals surface area contributed by atoms with Gasteiger partial charge in [0.25, 0.3) is 0 Å². The van der Waals surface area contributed by atoms with Crippen molar-refractivity contribution < 1.29 is 0 Å². The van der Waals surface area contributed by atoms with Crippen LogP contribution in [0.2, 0.25) is 0 Å². The van der Waals surface area contributed by atoms with Crippen molar-refractivity contribution in [1.82, 2.24) is 5.32 Å². The number of nitrogens with one attached hydrogen (secondary N) is 1. The summed E-state index contributed by atoms with van der Waals surface area (Å²) in [5.41, 5.74) is 0.358. The van der Waals surface area contributed by atoms with E-state index in [9.17, 15) is 0 Å². The van der Waals surface area contributed by atoms with E-state index in [0.29, 0.717) is 5.54 Å². The van der Waals surface area contributed by atoms with Crippen LogP contribution in [0.3, 0.4) is 0 Å². The van der Waals surface area contributed by atoms with Gasteiger partial charge in [-0.1, -0.05) is 89.9 Å². The van der Waals surface area contributed by atoms with Crippen LogP contribution in [0.15, 0.2) is 0 Å². The van der Waals surface area contributed by atoms with Crippen molar-refractivity contribution >= 4 is 22.6 Å². The summed E-state index contributed by atoms with van der Waals surface area (Å²) < 4.78 is 3.05. The highest BCUT2D eigenvalue weighted by Gasteiger charge is 2.31. The predicted molar refractivity (Wildman–Crippen MR) is 112 cm³/mol. The van der Waals surface area contributed by atoms with Crippen LogP contribution in [-0.4, -0.2) is 12.1 Å². The minimum atomic E-state index is 0.358. The monoisotopic (exact) mass is 431 g/mol. The summed E-state index contributed by atoms with van der Waals surface area (Å²) in [6, 6.07) is 0. The number of rotatable bonds is 14. The van der Waals surface area contributed by atoms with Crippen molar-refractivity contribution in [3.05, 3.63) is 0 Å². The van der Waals surface area contributed by atoms with Crippen molar-refractivity contribution in [3.63, 3.8) is 0 Å². The van der Waals surface area contributed by atoms with E-state index < -0.39 is 0 Å². The van der Waals surface area contributed by atoms with Crippen LogP contribution in [-0.2, 0) is 0 Å². The lowest BCUT2D eigenvalue weighted by Crippen LogP contribution is -2.39. The van der Waals surface area contributed by atoms with Gasteiger partial charge in [-0.2, -0.15) is 0 Å². The van der Waals surface area contributed by atoms with Gasteiger partial charge < -0.3 is 5.32 Å². The molecule has 0 radical (unpaired) electrons. The Morgan fingerprint density at radius 1 is 0.870 bits per heavy atom. The second-order valence-electron chi connectivity index (χ2n) is 7.40. The maximum Gasteiger partial charge on any atom is 0.0291 e. The molecule has 0 bridgehead atoms. The number of unbranched alkanes of at least 4 members (excludes halogenated alkanes) is 11. The van der Waals surface area contributed by atoms with E-state index in [1.54, 1.807) is 0 Å². The summed E-state index contributed by atoms with van der Waals surface area (Å²) in [5.74, 6) is 3.30. The molecule has 0 aromatic rings. The smallest absolute Gasteiger partial charge is 0.0291 e.